The van der Waals surface area contributed by atoms with Crippen molar-refractivity contribution in [1.82, 2.24) is 20.8 Å². The van der Waals surface area contributed by atoms with Crippen LogP contribution in [0.2, 0.25) is 0 Å². The lowest BCUT2D eigenvalue weighted by molar-refractivity contribution is 0.408. The van der Waals surface area contributed by atoms with Crippen molar-refractivity contribution in [1.29, 1.82) is 0 Å². The number of guanidine groups is 1. The van der Waals surface area contributed by atoms with Crippen molar-refractivity contribution in [2.45, 2.75) is 20.0 Å². The van der Waals surface area contributed by atoms with Gasteiger partial charge in [0.2, 0.25) is 0 Å². The van der Waals surface area contributed by atoms with Gasteiger partial charge in [0.05, 0.1) is 19.3 Å². The Balaban J connectivity index is 0.00000242. The van der Waals surface area contributed by atoms with E-state index in [2.05, 4.69) is 38.0 Å². The molecule has 1 aromatic carbocycles. The fourth-order valence-electron chi connectivity index (χ4n) is 1.96. The van der Waals surface area contributed by atoms with Crippen LogP contribution in [0.25, 0.3) is 0 Å². The monoisotopic (exact) mass is 415 g/mol. The lowest BCUT2D eigenvalue weighted by Gasteiger charge is -2.13. The van der Waals surface area contributed by atoms with Crippen LogP contribution >= 0.6 is 24.0 Å². The predicted molar refractivity (Wildman–Crippen MR) is 98.8 cm³/mol. The van der Waals surface area contributed by atoms with Gasteiger partial charge in [-0.3, -0.25) is 10.1 Å². The van der Waals surface area contributed by atoms with E-state index in [-0.39, 0.29) is 24.0 Å². The Labute approximate surface area is 147 Å². The minimum Gasteiger partial charge on any atom is -0.496 e. The molecule has 0 saturated carbocycles. The number of benzene rings is 1. The number of nitrogens with one attached hydrogen (secondary N) is 3. The molecule has 1 heterocycles. The Morgan fingerprint density at radius 1 is 1.27 bits per heavy atom. The Bertz CT molecular complexity index is 598. The van der Waals surface area contributed by atoms with Gasteiger partial charge in [-0.1, -0.05) is 12.1 Å². The van der Waals surface area contributed by atoms with Gasteiger partial charge in [0.15, 0.2) is 5.96 Å². The van der Waals surface area contributed by atoms with Gasteiger partial charge in [0.25, 0.3) is 0 Å². The molecule has 0 unspecified atom stereocenters. The van der Waals surface area contributed by atoms with Crippen LogP contribution in [-0.2, 0) is 13.1 Å². The topological polar surface area (TPSA) is 74.3 Å². The lowest BCUT2D eigenvalue weighted by atomic mass is 10.1. The molecule has 2 rings (SSSR count). The van der Waals surface area contributed by atoms with Crippen LogP contribution in [0.1, 0.15) is 16.8 Å². The normalized spacial score (nSPS) is 10.8. The summed E-state index contributed by atoms with van der Waals surface area (Å²) in [6, 6.07) is 8.07. The number of aliphatic imine (C=N–C) groups is 1. The summed E-state index contributed by atoms with van der Waals surface area (Å²) in [6.45, 7) is 3.33. The number of rotatable bonds is 5. The van der Waals surface area contributed by atoms with Crippen molar-refractivity contribution < 1.29 is 4.74 Å². The molecule has 0 aliphatic carbocycles. The number of aromatic nitrogens is 2. The molecule has 7 heteroatoms. The molecule has 0 fully saturated rings. The SMILES string of the molecule is CN=C(NCc1ccn[nH]1)NCc1ccc(C)cc1OC.I. The van der Waals surface area contributed by atoms with Crippen LogP contribution in [0, 0.1) is 6.92 Å². The highest BCUT2D eigenvalue weighted by molar-refractivity contribution is 14.0. The fraction of sp³-hybridized carbons (Fsp3) is 0.333. The van der Waals surface area contributed by atoms with Gasteiger partial charge < -0.3 is 15.4 Å². The zero-order chi connectivity index (χ0) is 15.1. The van der Waals surface area contributed by atoms with Gasteiger partial charge in [-0.15, -0.1) is 24.0 Å². The maximum Gasteiger partial charge on any atom is 0.191 e. The average Bonchev–Trinajstić information content (AvgIpc) is 3.01. The summed E-state index contributed by atoms with van der Waals surface area (Å²) in [5.74, 6) is 1.61. The smallest absolute Gasteiger partial charge is 0.191 e. The first-order valence-corrected chi connectivity index (χ1v) is 6.79. The van der Waals surface area contributed by atoms with Gasteiger partial charge in [-0.25, -0.2) is 0 Å². The summed E-state index contributed by atoms with van der Waals surface area (Å²) < 4.78 is 5.40. The molecular formula is C15H22IN5O. The molecule has 1 aromatic heterocycles. The largest absolute Gasteiger partial charge is 0.496 e. The van der Waals surface area contributed by atoms with Gasteiger partial charge in [0.1, 0.15) is 5.75 Å². The number of ether oxygens (including phenoxy) is 1. The third-order valence-corrected chi connectivity index (χ3v) is 3.12. The number of H-pyrrole nitrogens is 1. The summed E-state index contributed by atoms with van der Waals surface area (Å²) >= 11 is 0. The number of hydrogen-bond donors (Lipinski definition) is 3. The van der Waals surface area contributed by atoms with Crippen molar-refractivity contribution in [2.24, 2.45) is 4.99 Å². The number of methoxy groups -OCH3 is 1. The third-order valence-electron chi connectivity index (χ3n) is 3.12. The molecule has 22 heavy (non-hydrogen) atoms. The van der Waals surface area contributed by atoms with Crippen molar-refractivity contribution >= 4 is 29.9 Å². The van der Waals surface area contributed by atoms with Gasteiger partial charge >= 0.3 is 0 Å². The van der Waals surface area contributed by atoms with E-state index in [1.54, 1.807) is 20.4 Å². The molecule has 0 saturated heterocycles. The molecule has 0 radical (unpaired) electrons. The Morgan fingerprint density at radius 2 is 2.05 bits per heavy atom. The number of halogens is 1. The van der Waals surface area contributed by atoms with Crippen LogP contribution in [0.4, 0.5) is 0 Å². The first-order chi connectivity index (χ1) is 10.2. The molecule has 0 aliphatic heterocycles. The van der Waals surface area contributed by atoms with Crippen molar-refractivity contribution in [3.8, 4) is 5.75 Å². The van der Waals surface area contributed by atoms with Gasteiger partial charge in [0, 0.05) is 25.4 Å². The fourth-order valence-corrected chi connectivity index (χ4v) is 1.96. The van der Waals surface area contributed by atoms with Crippen molar-refractivity contribution in [2.75, 3.05) is 14.2 Å². The zero-order valence-electron chi connectivity index (χ0n) is 13.0. The second kappa shape index (κ2) is 9.29. The molecule has 0 spiro atoms. The van der Waals surface area contributed by atoms with E-state index in [1.807, 2.05) is 19.1 Å². The maximum atomic E-state index is 5.40. The third kappa shape index (κ3) is 5.21. The van der Waals surface area contributed by atoms with Crippen LogP contribution in [0.3, 0.4) is 0 Å². The Morgan fingerprint density at radius 3 is 2.68 bits per heavy atom. The van der Waals surface area contributed by atoms with E-state index in [0.717, 1.165) is 23.0 Å². The zero-order valence-corrected chi connectivity index (χ0v) is 15.3. The van der Waals surface area contributed by atoms with Crippen molar-refractivity contribution in [3.05, 3.63) is 47.3 Å². The van der Waals surface area contributed by atoms with E-state index >= 15 is 0 Å². The van der Waals surface area contributed by atoms with Crippen LogP contribution < -0.4 is 15.4 Å². The summed E-state index contributed by atoms with van der Waals surface area (Å²) in [5.41, 5.74) is 3.27. The molecule has 6 nitrogen and oxygen atoms in total. The van der Waals surface area contributed by atoms with E-state index < -0.39 is 0 Å². The summed E-state index contributed by atoms with van der Waals surface area (Å²) in [4.78, 5) is 4.19. The molecule has 2 aromatic rings. The molecule has 120 valence electrons. The quantitative estimate of drug-likeness (QED) is 0.398. The highest BCUT2D eigenvalue weighted by Crippen LogP contribution is 2.19. The number of nitrogens with zero attached hydrogens (tertiary/aromatic N) is 2. The molecule has 3 N–H and O–H groups in total. The highest BCUT2D eigenvalue weighted by atomic mass is 127. The molecule has 0 aliphatic rings. The Hall–Kier alpha value is -1.77. The minimum atomic E-state index is 0. The highest BCUT2D eigenvalue weighted by Gasteiger charge is 2.05. The van der Waals surface area contributed by atoms with Gasteiger partial charge in [-0.05, 0) is 24.6 Å². The molecule has 0 bridgehead atoms. The standard InChI is InChI=1S/C15H21N5O.HI/c1-11-4-5-12(14(8-11)21-3)9-17-15(16-2)18-10-13-6-7-19-20-13;/h4-8H,9-10H2,1-3H3,(H,19,20)(H2,16,17,18);1H. The number of aromatic amines is 1. The Kier molecular flexibility index (Phi) is 7.72. The molecular weight excluding hydrogens is 393 g/mol. The number of aryl methyl sites for hydroxylation is 1. The summed E-state index contributed by atoms with van der Waals surface area (Å²) in [6.07, 6.45) is 1.73. The van der Waals surface area contributed by atoms with Crippen LogP contribution in [0.15, 0.2) is 35.5 Å². The van der Waals surface area contributed by atoms with Gasteiger partial charge in [-0.2, -0.15) is 5.10 Å². The van der Waals surface area contributed by atoms with Crippen LogP contribution in [0.5, 0.6) is 5.75 Å². The molecule has 0 amide bonds. The summed E-state index contributed by atoms with van der Waals surface area (Å²) in [7, 11) is 3.43. The van der Waals surface area contributed by atoms with Crippen molar-refractivity contribution in [3.63, 3.8) is 0 Å². The summed E-state index contributed by atoms with van der Waals surface area (Å²) in [5, 5.41) is 13.3. The van der Waals surface area contributed by atoms with Crippen LogP contribution in [-0.4, -0.2) is 30.3 Å². The minimum absolute atomic E-state index is 0. The van der Waals surface area contributed by atoms with E-state index in [0.29, 0.717) is 13.1 Å². The van der Waals surface area contributed by atoms with E-state index in [1.165, 1.54) is 5.56 Å². The number of hydrogen-bond acceptors (Lipinski definition) is 3. The first kappa shape index (κ1) is 18.3. The molecule has 0 atom stereocenters. The first-order valence-electron chi connectivity index (χ1n) is 6.79. The second-order valence-corrected chi connectivity index (χ2v) is 4.68. The second-order valence-electron chi connectivity index (χ2n) is 4.68. The lowest BCUT2D eigenvalue weighted by Crippen LogP contribution is -2.36. The predicted octanol–water partition coefficient (Wildman–Crippen LogP) is 2.21. The van der Waals surface area contributed by atoms with E-state index in [9.17, 15) is 0 Å². The average molecular weight is 415 g/mol. The maximum absolute atomic E-state index is 5.40. The van der Waals surface area contributed by atoms with E-state index in [4.69, 9.17) is 4.74 Å².